The standard InChI is InChI=1S/C16H23NO/c1-17-12-16(10-15(11-16)8-5-9-15)13-6-3-4-7-14(13)18-2/h3-4,6-7,17H,5,8-12H2,1-2H3. The number of benzene rings is 1. The van der Waals surface area contributed by atoms with Crippen LogP contribution in [-0.2, 0) is 5.41 Å². The maximum absolute atomic E-state index is 5.57. The molecule has 3 rings (SSSR count). The average molecular weight is 245 g/mol. The van der Waals surface area contributed by atoms with Crippen LogP contribution in [-0.4, -0.2) is 20.7 Å². The molecule has 0 unspecified atom stereocenters. The van der Waals surface area contributed by atoms with Crippen molar-refractivity contribution in [3.05, 3.63) is 29.8 Å². The van der Waals surface area contributed by atoms with E-state index in [0.717, 1.165) is 12.3 Å². The summed E-state index contributed by atoms with van der Waals surface area (Å²) in [4.78, 5) is 0. The molecule has 0 saturated heterocycles. The van der Waals surface area contributed by atoms with E-state index in [2.05, 4.69) is 36.6 Å². The third-order valence-corrected chi connectivity index (χ3v) is 5.03. The molecule has 2 saturated carbocycles. The van der Waals surface area contributed by atoms with Crippen molar-refractivity contribution < 1.29 is 4.74 Å². The van der Waals surface area contributed by atoms with Gasteiger partial charge in [0.15, 0.2) is 0 Å². The summed E-state index contributed by atoms with van der Waals surface area (Å²) >= 11 is 0. The minimum atomic E-state index is 0.307. The Morgan fingerprint density at radius 1 is 1.22 bits per heavy atom. The maximum atomic E-state index is 5.57. The van der Waals surface area contributed by atoms with Crippen LogP contribution >= 0.6 is 0 Å². The fourth-order valence-corrected chi connectivity index (χ4v) is 4.25. The Labute approximate surface area is 110 Å². The van der Waals surface area contributed by atoms with Gasteiger partial charge in [0.25, 0.3) is 0 Å². The Hall–Kier alpha value is -1.02. The lowest BCUT2D eigenvalue weighted by Gasteiger charge is -2.61. The Bertz CT molecular complexity index is 428. The first-order valence-corrected chi connectivity index (χ1v) is 7.02. The Morgan fingerprint density at radius 3 is 2.50 bits per heavy atom. The van der Waals surface area contributed by atoms with E-state index in [0.29, 0.717) is 10.8 Å². The van der Waals surface area contributed by atoms with Crippen LogP contribution < -0.4 is 10.1 Å². The van der Waals surface area contributed by atoms with Gasteiger partial charge < -0.3 is 10.1 Å². The number of methoxy groups -OCH3 is 1. The Kier molecular flexibility index (Phi) is 2.86. The van der Waals surface area contributed by atoms with Crippen LogP contribution in [0.5, 0.6) is 5.75 Å². The first-order chi connectivity index (χ1) is 8.74. The summed E-state index contributed by atoms with van der Waals surface area (Å²) in [6.07, 6.45) is 6.98. The second-order valence-corrected chi connectivity index (χ2v) is 6.22. The topological polar surface area (TPSA) is 21.3 Å². The van der Waals surface area contributed by atoms with Crippen molar-refractivity contribution in [1.82, 2.24) is 5.32 Å². The summed E-state index contributed by atoms with van der Waals surface area (Å²) in [7, 11) is 3.84. The highest BCUT2D eigenvalue weighted by molar-refractivity contribution is 5.43. The molecule has 2 heteroatoms. The van der Waals surface area contributed by atoms with E-state index in [9.17, 15) is 0 Å². The minimum Gasteiger partial charge on any atom is -0.496 e. The maximum Gasteiger partial charge on any atom is 0.122 e. The van der Waals surface area contributed by atoms with Crippen molar-refractivity contribution in [2.45, 2.75) is 37.5 Å². The molecule has 18 heavy (non-hydrogen) atoms. The van der Waals surface area contributed by atoms with Crippen LogP contribution in [0.3, 0.4) is 0 Å². The van der Waals surface area contributed by atoms with Crippen molar-refractivity contribution >= 4 is 0 Å². The van der Waals surface area contributed by atoms with E-state index < -0.39 is 0 Å². The van der Waals surface area contributed by atoms with Crippen LogP contribution in [0.2, 0.25) is 0 Å². The van der Waals surface area contributed by atoms with Crippen molar-refractivity contribution in [2.24, 2.45) is 5.41 Å². The Morgan fingerprint density at radius 2 is 1.94 bits per heavy atom. The number of likely N-dealkylation sites (N-methyl/N-ethyl adjacent to an activating group) is 1. The zero-order chi connectivity index (χ0) is 12.6. The molecule has 98 valence electrons. The van der Waals surface area contributed by atoms with Crippen molar-refractivity contribution in [3.63, 3.8) is 0 Å². The van der Waals surface area contributed by atoms with Gasteiger partial charge in [-0.25, -0.2) is 0 Å². The van der Waals surface area contributed by atoms with Crippen molar-refractivity contribution in [2.75, 3.05) is 20.7 Å². The van der Waals surface area contributed by atoms with Gasteiger partial charge in [0.2, 0.25) is 0 Å². The number of para-hydroxylation sites is 1. The zero-order valence-corrected chi connectivity index (χ0v) is 11.5. The average Bonchev–Trinajstić information content (AvgIpc) is 2.31. The molecular weight excluding hydrogens is 222 g/mol. The molecule has 1 spiro atoms. The van der Waals surface area contributed by atoms with Crippen LogP contribution in [0.4, 0.5) is 0 Å². The number of rotatable bonds is 4. The van der Waals surface area contributed by atoms with Gasteiger partial charge in [-0.1, -0.05) is 24.6 Å². The molecular formula is C16H23NO. The lowest BCUT2D eigenvalue weighted by atomic mass is 9.43. The third kappa shape index (κ3) is 1.66. The predicted octanol–water partition coefficient (Wildman–Crippen LogP) is 3.12. The molecule has 0 aromatic heterocycles. The predicted molar refractivity (Wildman–Crippen MR) is 74.1 cm³/mol. The van der Waals surface area contributed by atoms with Crippen LogP contribution in [0.25, 0.3) is 0 Å². The van der Waals surface area contributed by atoms with Gasteiger partial charge in [-0.2, -0.15) is 0 Å². The summed E-state index contributed by atoms with van der Waals surface area (Å²) < 4.78 is 5.57. The SMILES string of the molecule is CNCC1(c2ccccc2OC)CC2(CCC2)C1. The lowest BCUT2D eigenvalue weighted by molar-refractivity contribution is -0.0483. The molecule has 1 aromatic carbocycles. The van der Waals surface area contributed by atoms with E-state index in [1.807, 2.05) is 0 Å². The van der Waals surface area contributed by atoms with Crippen molar-refractivity contribution in [1.29, 1.82) is 0 Å². The quantitative estimate of drug-likeness (QED) is 0.880. The lowest BCUT2D eigenvalue weighted by Crippen LogP contribution is -2.57. The molecule has 2 fully saturated rings. The molecule has 0 aliphatic heterocycles. The molecule has 2 nitrogen and oxygen atoms in total. The van der Waals surface area contributed by atoms with Gasteiger partial charge >= 0.3 is 0 Å². The monoisotopic (exact) mass is 245 g/mol. The highest BCUT2D eigenvalue weighted by Crippen LogP contribution is 2.65. The van der Waals surface area contributed by atoms with E-state index in [4.69, 9.17) is 4.74 Å². The first kappa shape index (κ1) is 12.0. The molecule has 1 N–H and O–H groups in total. The fourth-order valence-electron chi connectivity index (χ4n) is 4.25. The summed E-state index contributed by atoms with van der Waals surface area (Å²) in [5.41, 5.74) is 2.39. The van der Waals surface area contributed by atoms with E-state index in [-0.39, 0.29) is 0 Å². The van der Waals surface area contributed by atoms with Gasteiger partial charge in [0.1, 0.15) is 5.75 Å². The summed E-state index contributed by atoms with van der Waals surface area (Å²) in [6, 6.07) is 8.55. The number of nitrogens with one attached hydrogen (secondary N) is 1. The van der Waals surface area contributed by atoms with E-state index >= 15 is 0 Å². The third-order valence-electron chi connectivity index (χ3n) is 5.03. The van der Waals surface area contributed by atoms with Crippen LogP contribution in [0.1, 0.15) is 37.7 Å². The van der Waals surface area contributed by atoms with E-state index in [1.54, 1.807) is 7.11 Å². The largest absolute Gasteiger partial charge is 0.496 e. The van der Waals surface area contributed by atoms with Gasteiger partial charge in [-0.15, -0.1) is 0 Å². The summed E-state index contributed by atoms with van der Waals surface area (Å²) in [5.74, 6) is 1.06. The minimum absolute atomic E-state index is 0.307. The number of hydrogen-bond donors (Lipinski definition) is 1. The fraction of sp³-hybridized carbons (Fsp3) is 0.625. The van der Waals surface area contributed by atoms with E-state index in [1.165, 1.54) is 37.7 Å². The van der Waals surface area contributed by atoms with Gasteiger partial charge in [0, 0.05) is 17.5 Å². The molecule has 0 heterocycles. The highest BCUT2D eigenvalue weighted by Gasteiger charge is 2.57. The molecule has 0 radical (unpaired) electrons. The normalized spacial score (nSPS) is 23.2. The van der Waals surface area contributed by atoms with Gasteiger partial charge in [-0.05, 0) is 44.2 Å². The zero-order valence-electron chi connectivity index (χ0n) is 11.5. The van der Waals surface area contributed by atoms with Crippen molar-refractivity contribution in [3.8, 4) is 5.75 Å². The Balaban J connectivity index is 1.90. The molecule has 2 aliphatic carbocycles. The molecule has 0 atom stereocenters. The number of ether oxygens (including phenoxy) is 1. The van der Waals surface area contributed by atoms with Gasteiger partial charge in [0.05, 0.1) is 7.11 Å². The molecule has 2 aliphatic rings. The second-order valence-electron chi connectivity index (χ2n) is 6.22. The molecule has 0 amide bonds. The highest BCUT2D eigenvalue weighted by atomic mass is 16.5. The summed E-state index contributed by atoms with van der Waals surface area (Å²) in [6.45, 7) is 1.06. The summed E-state index contributed by atoms with van der Waals surface area (Å²) in [5, 5.41) is 3.39. The molecule has 0 bridgehead atoms. The van der Waals surface area contributed by atoms with Crippen LogP contribution in [0, 0.1) is 5.41 Å². The first-order valence-electron chi connectivity index (χ1n) is 7.02. The molecule has 1 aromatic rings. The number of hydrogen-bond acceptors (Lipinski definition) is 2. The van der Waals surface area contributed by atoms with Gasteiger partial charge in [-0.3, -0.25) is 0 Å². The van der Waals surface area contributed by atoms with Crippen LogP contribution in [0.15, 0.2) is 24.3 Å². The second kappa shape index (κ2) is 4.27. The smallest absolute Gasteiger partial charge is 0.122 e.